The molecule has 0 bridgehead atoms. The van der Waals surface area contributed by atoms with Gasteiger partial charge in [0.1, 0.15) is 5.82 Å². The summed E-state index contributed by atoms with van der Waals surface area (Å²) in [6.45, 7) is 5.23. The lowest BCUT2D eigenvalue weighted by molar-refractivity contribution is -0.143. The molecule has 1 N–H and O–H groups in total. The smallest absolute Gasteiger partial charge is 0.307 e. The number of esters is 1. The number of thiol groups is 1. The van der Waals surface area contributed by atoms with Gasteiger partial charge in [-0.3, -0.25) is 9.52 Å². The van der Waals surface area contributed by atoms with Gasteiger partial charge in [-0.2, -0.15) is 0 Å². The fraction of sp³-hybridized carbons (Fsp3) is 0.316. The molecule has 0 saturated carbocycles. The molecule has 26 heavy (non-hydrogen) atoms. The third-order valence-electron chi connectivity index (χ3n) is 4.05. The Hall–Kier alpha value is -1.99. The highest BCUT2D eigenvalue weighted by atomic mass is 32.1. The lowest BCUT2D eigenvalue weighted by Crippen LogP contribution is -2.20. The van der Waals surface area contributed by atoms with E-state index in [0.717, 1.165) is 6.07 Å². The van der Waals surface area contributed by atoms with Crippen LogP contribution < -0.4 is 4.72 Å². The second-order valence-electron chi connectivity index (χ2n) is 5.97. The number of carbonyl (C=O) groups is 1. The van der Waals surface area contributed by atoms with E-state index in [1.165, 1.54) is 18.2 Å². The van der Waals surface area contributed by atoms with Crippen LogP contribution in [0, 0.1) is 31.3 Å². The minimum Gasteiger partial charge on any atom is -0.466 e. The number of halogens is 3. The van der Waals surface area contributed by atoms with Gasteiger partial charge in [-0.25, -0.2) is 13.2 Å². The molecular weight excluding hydrogens is 363 g/mol. The first-order valence-electron chi connectivity index (χ1n) is 8.09. The van der Waals surface area contributed by atoms with Crippen molar-refractivity contribution >= 4 is 18.8 Å². The summed E-state index contributed by atoms with van der Waals surface area (Å²) in [4.78, 5) is 11.7. The Morgan fingerprint density at radius 1 is 1.15 bits per heavy atom. The fourth-order valence-electron chi connectivity index (χ4n) is 2.99. The quantitative estimate of drug-likeness (QED) is 0.555. The number of hydrogen-bond acceptors (Lipinski definition) is 4. The molecule has 0 spiro atoms. The average Bonchev–Trinajstić information content (AvgIpc) is 2.55. The third kappa shape index (κ3) is 4.40. The predicted molar refractivity (Wildman–Crippen MR) is 97.3 cm³/mol. The molecule has 1 unspecified atom stereocenters. The molecular formula is C19H20F3NO2S. The van der Waals surface area contributed by atoms with Gasteiger partial charge in [-0.15, -0.1) is 0 Å². The van der Waals surface area contributed by atoms with Crippen LogP contribution in [0.4, 0.5) is 13.2 Å². The van der Waals surface area contributed by atoms with Gasteiger partial charge in [0, 0.05) is 5.56 Å². The number of nitrogens with one attached hydrogen (secondary N) is 1. The largest absolute Gasteiger partial charge is 0.466 e. The second kappa shape index (κ2) is 8.60. The maximum absolute atomic E-state index is 14.4. The summed E-state index contributed by atoms with van der Waals surface area (Å²) in [5, 5.41) is 0. The van der Waals surface area contributed by atoms with Crippen LogP contribution in [-0.4, -0.2) is 12.6 Å². The highest BCUT2D eigenvalue weighted by Gasteiger charge is 2.23. The van der Waals surface area contributed by atoms with E-state index in [1.54, 1.807) is 20.8 Å². The van der Waals surface area contributed by atoms with Crippen LogP contribution in [0.3, 0.4) is 0 Å². The number of benzene rings is 2. The summed E-state index contributed by atoms with van der Waals surface area (Å²) < 4.78 is 49.5. The molecule has 0 amide bonds. The van der Waals surface area contributed by atoms with Crippen LogP contribution >= 0.6 is 12.8 Å². The zero-order chi connectivity index (χ0) is 19.4. The first kappa shape index (κ1) is 20.3. The number of ether oxygens (including phenoxy) is 1. The molecule has 0 radical (unpaired) electrons. The number of hydrogen-bond donors (Lipinski definition) is 2. The van der Waals surface area contributed by atoms with E-state index in [2.05, 4.69) is 17.5 Å². The Morgan fingerprint density at radius 2 is 1.77 bits per heavy atom. The van der Waals surface area contributed by atoms with Crippen LogP contribution in [0.5, 0.6) is 0 Å². The molecule has 1 atom stereocenters. The van der Waals surface area contributed by atoms with E-state index in [-0.39, 0.29) is 18.6 Å². The van der Waals surface area contributed by atoms with Crippen molar-refractivity contribution in [1.82, 2.24) is 4.72 Å². The van der Waals surface area contributed by atoms with E-state index in [9.17, 15) is 18.0 Å². The van der Waals surface area contributed by atoms with Crippen molar-refractivity contribution in [2.24, 2.45) is 0 Å². The molecule has 2 aromatic carbocycles. The topological polar surface area (TPSA) is 38.3 Å². The third-order valence-corrected chi connectivity index (χ3v) is 4.36. The van der Waals surface area contributed by atoms with Crippen LogP contribution in [0.25, 0.3) is 11.1 Å². The second-order valence-corrected chi connectivity index (χ2v) is 6.22. The molecule has 0 aliphatic carbocycles. The Labute approximate surface area is 156 Å². The number of carbonyl (C=O) groups excluding carboxylic acids is 1. The molecule has 0 heterocycles. The fourth-order valence-corrected chi connectivity index (χ4v) is 3.22. The zero-order valence-corrected chi connectivity index (χ0v) is 15.6. The van der Waals surface area contributed by atoms with Gasteiger partial charge >= 0.3 is 5.97 Å². The molecule has 7 heteroatoms. The normalized spacial score (nSPS) is 12.1. The summed E-state index contributed by atoms with van der Waals surface area (Å²) in [6.07, 6.45) is -0.210. The van der Waals surface area contributed by atoms with Crippen molar-refractivity contribution in [2.75, 3.05) is 6.61 Å². The molecule has 0 aromatic heterocycles. The SMILES string of the molecule is CCOC(=O)CC(NS)c1cc(-c2c(C)cc(F)cc2C)cc(F)c1F. The van der Waals surface area contributed by atoms with Crippen LogP contribution in [0.15, 0.2) is 24.3 Å². The zero-order valence-electron chi connectivity index (χ0n) is 14.7. The number of rotatable bonds is 6. The van der Waals surface area contributed by atoms with Crippen LogP contribution in [0.2, 0.25) is 0 Å². The van der Waals surface area contributed by atoms with Gasteiger partial charge in [0.25, 0.3) is 0 Å². The van der Waals surface area contributed by atoms with Gasteiger partial charge in [0.05, 0.1) is 19.1 Å². The molecule has 0 fully saturated rings. The van der Waals surface area contributed by atoms with Gasteiger partial charge in [-0.1, -0.05) is 12.8 Å². The first-order valence-corrected chi connectivity index (χ1v) is 8.54. The molecule has 140 valence electrons. The van der Waals surface area contributed by atoms with E-state index >= 15 is 0 Å². The maximum atomic E-state index is 14.4. The Morgan fingerprint density at radius 3 is 2.31 bits per heavy atom. The highest BCUT2D eigenvalue weighted by Crippen LogP contribution is 2.33. The van der Waals surface area contributed by atoms with Crippen molar-refractivity contribution in [3.63, 3.8) is 0 Å². The Kier molecular flexibility index (Phi) is 6.72. The molecule has 0 aliphatic heterocycles. The van der Waals surface area contributed by atoms with Crippen LogP contribution in [0.1, 0.15) is 36.1 Å². The Bertz CT molecular complexity index is 804. The van der Waals surface area contributed by atoms with Crippen molar-refractivity contribution in [3.8, 4) is 11.1 Å². The summed E-state index contributed by atoms with van der Waals surface area (Å²) in [7, 11) is 0. The standard InChI is InChI=1S/C19H20F3NO2S/c1-4-25-17(24)9-16(23-26)14-7-12(8-15(21)19(14)22)18-10(2)5-13(20)6-11(18)3/h5-8,16,23,26H,4,9H2,1-3H3. The summed E-state index contributed by atoms with van der Waals surface area (Å²) in [6, 6.07) is 4.28. The van der Waals surface area contributed by atoms with Gasteiger partial charge in [-0.05, 0) is 67.3 Å². The maximum Gasteiger partial charge on any atom is 0.307 e. The monoisotopic (exact) mass is 383 g/mol. The molecule has 3 nitrogen and oxygen atoms in total. The molecule has 2 aromatic rings. The highest BCUT2D eigenvalue weighted by molar-refractivity contribution is 7.78. The van der Waals surface area contributed by atoms with Crippen molar-refractivity contribution in [1.29, 1.82) is 0 Å². The van der Waals surface area contributed by atoms with E-state index in [4.69, 9.17) is 4.74 Å². The van der Waals surface area contributed by atoms with Gasteiger partial charge < -0.3 is 4.74 Å². The summed E-state index contributed by atoms with van der Waals surface area (Å²) in [5.41, 5.74) is 2.15. The first-order chi connectivity index (χ1) is 12.3. The molecule has 2 rings (SSSR count). The van der Waals surface area contributed by atoms with E-state index < -0.39 is 29.5 Å². The van der Waals surface area contributed by atoms with E-state index in [0.29, 0.717) is 22.3 Å². The minimum atomic E-state index is -1.07. The van der Waals surface area contributed by atoms with Gasteiger partial charge in [0.15, 0.2) is 11.6 Å². The Balaban J connectivity index is 2.54. The van der Waals surface area contributed by atoms with Gasteiger partial charge in [0.2, 0.25) is 0 Å². The molecule has 0 aliphatic rings. The van der Waals surface area contributed by atoms with E-state index in [1.807, 2.05) is 0 Å². The average molecular weight is 383 g/mol. The lowest BCUT2D eigenvalue weighted by Gasteiger charge is -2.19. The van der Waals surface area contributed by atoms with Crippen LogP contribution in [-0.2, 0) is 9.53 Å². The summed E-state index contributed by atoms with van der Waals surface area (Å²) in [5.74, 6) is -3.08. The summed E-state index contributed by atoms with van der Waals surface area (Å²) >= 11 is 3.93. The minimum absolute atomic E-state index is 0.0498. The number of aryl methyl sites for hydroxylation is 2. The molecule has 0 saturated heterocycles. The van der Waals surface area contributed by atoms with Crippen molar-refractivity contribution in [2.45, 2.75) is 33.2 Å². The van der Waals surface area contributed by atoms with Crippen molar-refractivity contribution in [3.05, 3.63) is 58.4 Å². The van der Waals surface area contributed by atoms with Crippen molar-refractivity contribution < 1.29 is 22.7 Å². The predicted octanol–water partition coefficient (Wildman–Crippen LogP) is 4.82. The lowest BCUT2D eigenvalue weighted by atomic mass is 9.92.